The van der Waals surface area contributed by atoms with E-state index in [4.69, 9.17) is 9.47 Å². The summed E-state index contributed by atoms with van der Waals surface area (Å²) in [6, 6.07) is 0. The molecule has 0 saturated heterocycles. The number of ether oxygens (including phenoxy) is 2. The molecule has 0 fully saturated rings. The first-order chi connectivity index (χ1) is 9.10. The van der Waals surface area contributed by atoms with Crippen LogP contribution in [0.3, 0.4) is 0 Å². The molecule has 0 aromatic carbocycles. The summed E-state index contributed by atoms with van der Waals surface area (Å²) in [5.74, 6) is 0. The van der Waals surface area contributed by atoms with E-state index < -0.39 is 0 Å². The van der Waals surface area contributed by atoms with Gasteiger partial charge in [-0.2, -0.15) is 0 Å². The van der Waals surface area contributed by atoms with Gasteiger partial charge in [0.25, 0.3) is 0 Å². The second kappa shape index (κ2) is 10.7. The van der Waals surface area contributed by atoms with Crippen molar-refractivity contribution in [2.24, 2.45) is 5.41 Å². The molecular weight excluding hydrogens is 236 g/mol. The van der Waals surface area contributed by atoms with Crippen LogP contribution < -0.4 is 0 Å². The van der Waals surface area contributed by atoms with E-state index in [1.165, 1.54) is 38.5 Å². The fraction of sp³-hybridized carbons (Fsp3) is 1.00. The molecule has 116 valence electrons. The minimum Gasteiger partial charge on any atom is -0.381 e. The van der Waals surface area contributed by atoms with Gasteiger partial charge in [0.15, 0.2) is 0 Å². The lowest BCUT2D eigenvalue weighted by Crippen LogP contribution is -2.45. The van der Waals surface area contributed by atoms with Crippen molar-refractivity contribution in [3.8, 4) is 0 Å². The number of unbranched alkanes of at least 4 members (excludes halogenated alkanes) is 2. The van der Waals surface area contributed by atoms with Crippen molar-refractivity contribution in [3.05, 3.63) is 0 Å². The van der Waals surface area contributed by atoms with Crippen molar-refractivity contribution < 1.29 is 9.47 Å². The molecule has 0 bridgehead atoms. The van der Waals surface area contributed by atoms with Gasteiger partial charge in [0.05, 0.1) is 12.2 Å². The molecule has 0 saturated carbocycles. The Morgan fingerprint density at radius 1 is 0.789 bits per heavy atom. The van der Waals surface area contributed by atoms with Crippen LogP contribution >= 0.6 is 0 Å². The van der Waals surface area contributed by atoms with E-state index in [2.05, 4.69) is 27.7 Å². The Bertz CT molecular complexity index is 187. The van der Waals surface area contributed by atoms with Gasteiger partial charge in [-0.05, 0) is 19.3 Å². The van der Waals surface area contributed by atoms with Gasteiger partial charge in [0, 0.05) is 19.6 Å². The molecule has 0 N–H and O–H groups in total. The zero-order valence-electron chi connectivity index (χ0n) is 14.1. The Balaban J connectivity index is 4.92. The highest BCUT2D eigenvalue weighted by atomic mass is 16.5. The largest absolute Gasteiger partial charge is 0.381 e. The van der Waals surface area contributed by atoms with Gasteiger partial charge < -0.3 is 9.47 Å². The molecule has 2 unspecified atom stereocenters. The molecule has 0 aliphatic heterocycles. The molecule has 0 aromatic rings. The highest BCUT2D eigenvalue weighted by Gasteiger charge is 2.40. The third kappa shape index (κ3) is 5.83. The number of methoxy groups -OCH3 is 2. The fourth-order valence-electron chi connectivity index (χ4n) is 3.28. The third-order valence-electron chi connectivity index (χ3n) is 4.47. The van der Waals surface area contributed by atoms with Crippen molar-refractivity contribution in [1.82, 2.24) is 0 Å². The van der Waals surface area contributed by atoms with Crippen LogP contribution in [-0.2, 0) is 9.47 Å². The summed E-state index contributed by atoms with van der Waals surface area (Å²) in [5.41, 5.74) is 0.141. The molecular formula is C17H36O2. The van der Waals surface area contributed by atoms with Crippen molar-refractivity contribution in [3.63, 3.8) is 0 Å². The predicted molar refractivity (Wildman–Crippen MR) is 83.7 cm³/mol. The van der Waals surface area contributed by atoms with Crippen LogP contribution in [0.4, 0.5) is 0 Å². The van der Waals surface area contributed by atoms with E-state index in [0.29, 0.717) is 12.2 Å². The van der Waals surface area contributed by atoms with E-state index in [-0.39, 0.29) is 5.41 Å². The average molecular weight is 272 g/mol. The Labute approximate surface area is 121 Å². The molecule has 2 nitrogen and oxygen atoms in total. The molecule has 0 heterocycles. The summed E-state index contributed by atoms with van der Waals surface area (Å²) in [6.45, 7) is 9.12. The van der Waals surface area contributed by atoms with Gasteiger partial charge in [-0.15, -0.1) is 0 Å². The van der Waals surface area contributed by atoms with Gasteiger partial charge in [0.2, 0.25) is 0 Å². The van der Waals surface area contributed by atoms with Crippen molar-refractivity contribution in [2.75, 3.05) is 14.2 Å². The summed E-state index contributed by atoms with van der Waals surface area (Å²) >= 11 is 0. The molecule has 2 heteroatoms. The maximum absolute atomic E-state index is 5.85. The zero-order chi connectivity index (χ0) is 14.7. The van der Waals surface area contributed by atoms with Crippen LogP contribution in [0.2, 0.25) is 0 Å². The van der Waals surface area contributed by atoms with E-state index in [1.807, 2.05) is 14.2 Å². The molecule has 0 aromatic heterocycles. The van der Waals surface area contributed by atoms with E-state index in [0.717, 1.165) is 12.8 Å². The lowest BCUT2D eigenvalue weighted by molar-refractivity contribution is -0.105. The Morgan fingerprint density at radius 3 is 1.47 bits per heavy atom. The molecule has 0 aliphatic carbocycles. The summed E-state index contributed by atoms with van der Waals surface area (Å²) in [7, 11) is 3.72. The first kappa shape index (κ1) is 18.9. The summed E-state index contributed by atoms with van der Waals surface area (Å²) < 4.78 is 11.7. The minimum absolute atomic E-state index is 0.141. The monoisotopic (exact) mass is 272 g/mol. The van der Waals surface area contributed by atoms with Crippen LogP contribution in [0, 0.1) is 5.41 Å². The van der Waals surface area contributed by atoms with Crippen molar-refractivity contribution in [1.29, 1.82) is 0 Å². The van der Waals surface area contributed by atoms with Gasteiger partial charge in [-0.25, -0.2) is 0 Å². The highest BCUT2D eigenvalue weighted by Crippen LogP contribution is 2.39. The second-order valence-electron chi connectivity index (χ2n) is 5.99. The third-order valence-corrected chi connectivity index (χ3v) is 4.47. The van der Waals surface area contributed by atoms with Crippen molar-refractivity contribution >= 4 is 0 Å². The molecule has 0 amide bonds. The topological polar surface area (TPSA) is 18.5 Å². The second-order valence-corrected chi connectivity index (χ2v) is 5.99. The first-order valence-electron chi connectivity index (χ1n) is 8.16. The van der Waals surface area contributed by atoms with Crippen LogP contribution in [0.5, 0.6) is 0 Å². The van der Waals surface area contributed by atoms with E-state index in [9.17, 15) is 0 Å². The van der Waals surface area contributed by atoms with Crippen LogP contribution in [0.15, 0.2) is 0 Å². The van der Waals surface area contributed by atoms with Gasteiger partial charge in [-0.1, -0.05) is 59.8 Å². The molecule has 0 spiro atoms. The van der Waals surface area contributed by atoms with Crippen LogP contribution in [0.1, 0.15) is 79.1 Å². The van der Waals surface area contributed by atoms with Gasteiger partial charge in [-0.3, -0.25) is 0 Å². The number of rotatable bonds is 12. The molecule has 0 aliphatic rings. The van der Waals surface area contributed by atoms with E-state index in [1.54, 1.807) is 0 Å². The normalized spacial score (nSPS) is 18.0. The standard InChI is InChI=1S/C17H36O2/c1-7-10-12-15(18-5)17(4,14-9-3)16(19-6)13-11-8-2/h15-16H,7-14H2,1-6H3. The van der Waals surface area contributed by atoms with Gasteiger partial charge in [0.1, 0.15) is 0 Å². The Kier molecular flexibility index (Phi) is 10.6. The lowest BCUT2D eigenvalue weighted by atomic mass is 9.72. The summed E-state index contributed by atoms with van der Waals surface area (Å²) in [4.78, 5) is 0. The number of hydrogen-bond donors (Lipinski definition) is 0. The first-order valence-corrected chi connectivity index (χ1v) is 8.16. The molecule has 2 atom stereocenters. The molecule has 0 rings (SSSR count). The lowest BCUT2D eigenvalue weighted by Gasteiger charge is -2.42. The molecule has 19 heavy (non-hydrogen) atoms. The average Bonchev–Trinajstić information content (AvgIpc) is 2.40. The van der Waals surface area contributed by atoms with E-state index >= 15 is 0 Å². The summed E-state index contributed by atoms with van der Waals surface area (Å²) in [5, 5.41) is 0. The van der Waals surface area contributed by atoms with Gasteiger partial charge >= 0.3 is 0 Å². The zero-order valence-corrected chi connectivity index (χ0v) is 14.1. The fourth-order valence-corrected chi connectivity index (χ4v) is 3.28. The number of hydrogen-bond acceptors (Lipinski definition) is 2. The Morgan fingerprint density at radius 2 is 1.21 bits per heavy atom. The predicted octanol–water partition coefficient (Wildman–Crippen LogP) is 5.20. The smallest absolute Gasteiger partial charge is 0.0649 e. The quantitative estimate of drug-likeness (QED) is 0.486. The molecule has 0 radical (unpaired) electrons. The van der Waals surface area contributed by atoms with Crippen molar-refractivity contribution in [2.45, 2.75) is 91.3 Å². The van der Waals surface area contributed by atoms with Crippen LogP contribution in [-0.4, -0.2) is 26.4 Å². The highest BCUT2D eigenvalue weighted by molar-refractivity contribution is 4.90. The Hall–Kier alpha value is -0.0800. The SMILES string of the molecule is CCCCC(OC)C(C)(CCC)C(CCCC)OC. The minimum atomic E-state index is 0.141. The van der Waals surface area contributed by atoms with Crippen LogP contribution in [0.25, 0.3) is 0 Å². The maximum Gasteiger partial charge on any atom is 0.0649 e. The summed E-state index contributed by atoms with van der Waals surface area (Å²) in [6.07, 6.45) is 10.2. The maximum atomic E-state index is 5.85.